The molecule has 0 bridgehead atoms. The van der Waals surface area contributed by atoms with E-state index >= 15 is 0 Å². The molecule has 1 unspecified atom stereocenters. The number of nitrogens with zero attached hydrogens (tertiary/aromatic N) is 1. The van der Waals surface area contributed by atoms with Crippen LogP contribution in [0, 0.1) is 0 Å². The van der Waals surface area contributed by atoms with Gasteiger partial charge in [-0.15, -0.1) is 0 Å². The van der Waals surface area contributed by atoms with Crippen molar-refractivity contribution in [2.24, 2.45) is 10.7 Å². The summed E-state index contributed by atoms with van der Waals surface area (Å²) in [5.41, 5.74) is 5.50. The van der Waals surface area contributed by atoms with Crippen molar-refractivity contribution < 1.29 is 9.84 Å². The van der Waals surface area contributed by atoms with Gasteiger partial charge in [0, 0.05) is 6.08 Å². The molecule has 1 atom stereocenters. The van der Waals surface area contributed by atoms with Gasteiger partial charge in [0.15, 0.2) is 5.88 Å². The summed E-state index contributed by atoms with van der Waals surface area (Å²) in [6.45, 7) is 7.73. The van der Waals surface area contributed by atoms with Crippen molar-refractivity contribution in [3.8, 4) is 0 Å². The summed E-state index contributed by atoms with van der Waals surface area (Å²) in [7, 11) is 0. The van der Waals surface area contributed by atoms with Gasteiger partial charge in [-0.25, -0.2) is 0 Å². The van der Waals surface area contributed by atoms with Gasteiger partial charge >= 0.3 is 0 Å². The van der Waals surface area contributed by atoms with Gasteiger partial charge in [-0.2, -0.15) is 0 Å². The largest absolute Gasteiger partial charge is 0.467 e. The van der Waals surface area contributed by atoms with Gasteiger partial charge in [0.2, 0.25) is 0 Å². The monoisotopic (exact) mass is 212 g/mol. The van der Waals surface area contributed by atoms with Gasteiger partial charge in [-0.05, 0) is 27.2 Å². The average Bonchev–Trinajstić information content (AvgIpc) is 2.42. The van der Waals surface area contributed by atoms with Crippen molar-refractivity contribution in [2.45, 2.75) is 45.3 Å². The van der Waals surface area contributed by atoms with Gasteiger partial charge in [0.05, 0.1) is 17.9 Å². The highest BCUT2D eigenvalue weighted by atomic mass is 16.5. The van der Waals surface area contributed by atoms with Gasteiger partial charge < -0.3 is 15.6 Å². The van der Waals surface area contributed by atoms with Crippen LogP contribution in [0.4, 0.5) is 0 Å². The summed E-state index contributed by atoms with van der Waals surface area (Å²) in [5.74, 6) is 0.395. The van der Waals surface area contributed by atoms with Crippen LogP contribution in [0.3, 0.4) is 0 Å². The predicted molar refractivity (Wildman–Crippen MR) is 60.7 cm³/mol. The van der Waals surface area contributed by atoms with Crippen LogP contribution < -0.4 is 5.73 Å². The molecular formula is C11H20N2O2. The second-order valence-corrected chi connectivity index (χ2v) is 4.70. The third-order valence-corrected chi connectivity index (χ3v) is 2.65. The van der Waals surface area contributed by atoms with Crippen LogP contribution in [0.25, 0.3) is 0 Å². The quantitative estimate of drug-likeness (QED) is 0.738. The Morgan fingerprint density at radius 2 is 2.20 bits per heavy atom. The first-order chi connectivity index (χ1) is 6.83. The van der Waals surface area contributed by atoms with E-state index in [-0.39, 0.29) is 6.61 Å². The minimum atomic E-state index is -0.490. The third-order valence-electron chi connectivity index (χ3n) is 2.65. The van der Waals surface area contributed by atoms with E-state index in [0.29, 0.717) is 5.88 Å². The number of aliphatic hydroxyl groups excluding tert-OH is 1. The first kappa shape index (κ1) is 12.0. The highest BCUT2D eigenvalue weighted by Gasteiger charge is 2.36. The van der Waals surface area contributed by atoms with Crippen LogP contribution in [0.5, 0.6) is 0 Å². The molecule has 0 spiro atoms. The van der Waals surface area contributed by atoms with Crippen molar-refractivity contribution in [1.29, 1.82) is 0 Å². The molecule has 4 heteroatoms. The van der Waals surface area contributed by atoms with Crippen molar-refractivity contribution in [3.05, 3.63) is 12.0 Å². The molecule has 1 aliphatic heterocycles. The molecule has 0 fully saturated rings. The maximum Gasteiger partial charge on any atom is 0.187 e. The summed E-state index contributed by atoms with van der Waals surface area (Å²) < 4.78 is 5.53. The Labute approximate surface area is 90.8 Å². The Hall–Kier alpha value is -1.03. The fourth-order valence-corrected chi connectivity index (χ4v) is 1.39. The van der Waals surface area contributed by atoms with Gasteiger partial charge in [-0.1, -0.05) is 6.92 Å². The van der Waals surface area contributed by atoms with E-state index in [2.05, 4.69) is 4.99 Å². The number of aliphatic imine (C=N–C) groups is 1. The summed E-state index contributed by atoms with van der Waals surface area (Å²) >= 11 is 0. The second-order valence-electron chi connectivity index (χ2n) is 4.70. The van der Waals surface area contributed by atoms with E-state index < -0.39 is 11.1 Å². The molecule has 4 nitrogen and oxygen atoms in total. The second kappa shape index (κ2) is 3.85. The molecule has 1 heterocycles. The van der Waals surface area contributed by atoms with Crippen molar-refractivity contribution in [2.75, 3.05) is 6.61 Å². The molecule has 1 aliphatic rings. The van der Waals surface area contributed by atoms with Gasteiger partial charge in [0.1, 0.15) is 5.60 Å². The van der Waals surface area contributed by atoms with Crippen LogP contribution in [-0.2, 0) is 4.74 Å². The molecule has 0 aliphatic carbocycles. The van der Waals surface area contributed by atoms with Gasteiger partial charge in [0.25, 0.3) is 0 Å². The molecular weight excluding hydrogens is 192 g/mol. The van der Waals surface area contributed by atoms with Crippen LogP contribution >= 0.6 is 0 Å². The fourth-order valence-electron chi connectivity index (χ4n) is 1.39. The van der Waals surface area contributed by atoms with E-state index in [4.69, 9.17) is 15.6 Å². The lowest BCUT2D eigenvalue weighted by Gasteiger charge is -2.26. The number of hydrogen-bond acceptors (Lipinski definition) is 4. The highest BCUT2D eigenvalue weighted by molar-refractivity contribution is 6.03. The Bertz CT molecular complexity index is 308. The minimum Gasteiger partial charge on any atom is -0.467 e. The van der Waals surface area contributed by atoms with Crippen molar-refractivity contribution >= 4 is 5.71 Å². The summed E-state index contributed by atoms with van der Waals surface area (Å²) in [5, 5.41) is 9.16. The Morgan fingerprint density at radius 3 is 2.67 bits per heavy atom. The van der Waals surface area contributed by atoms with E-state index in [1.165, 1.54) is 0 Å². The molecule has 0 saturated heterocycles. The Balaban J connectivity index is 3.02. The van der Waals surface area contributed by atoms with Gasteiger partial charge in [-0.3, -0.25) is 4.99 Å². The number of aliphatic hydroxyl groups is 1. The topological polar surface area (TPSA) is 67.8 Å². The molecule has 0 aromatic heterocycles. The Morgan fingerprint density at radius 1 is 1.60 bits per heavy atom. The zero-order valence-electron chi connectivity index (χ0n) is 9.87. The number of nitrogens with two attached hydrogens (primary N) is 1. The molecule has 15 heavy (non-hydrogen) atoms. The third kappa shape index (κ3) is 2.50. The summed E-state index contributed by atoms with van der Waals surface area (Å²) in [4.78, 5) is 4.49. The molecule has 1 rings (SSSR count). The molecule has 0 aromatic rings. The molecule has 0 amide bonds. The van der Waals surface area contributed by atoms with E-state index in [9.17, 15) is 0 Å². The van der Waals surface area contributed by atoms with Crippen LogP contribution in [0.2, 0.25) is 0 Å². The lowest BCUT2D eigenvalue weighted by atomic mass is 9.96. The first-order valence-electron chi connectivity index (χ1n) is 5.20. The summed E-state index contributed by atoms with van der Waals surface area (Å²) in [6.07, 6.45) is 2.53. The molecule has 3 N–H and O–H groups in total. The van der Waals surface area contributed by atoms with Crippen LogP contribution in [0.1, 0.15) is 34.1 Å². The lowest BCUT2D eigenvalue weighted by Crippen LogP contribution is -2.35. The van der Waals surface area contributed by atoms with Crippen molar-refractivity contribution in [1.82, 2.24) is 0 Å². The molecule has 86 valence electrons. The smallest absolute Gasteiger partial charge is 0.187 e. The molecule has 0 aromatic carbocycles. The maximum atomic E-state index is 9.16. The number of hydrogen-bond donors (Lipinski definition) is 2. The predicted octanol–water partition coefficient (Wildman–Crippen LogP) is 1.20. The summed E-state index contributed by atoms with van der Waals surface area (Å²) in [6, 6.07) is 0. The molecule has 0 saturated carbocycles. The minimum absolute atomic E-state index is 0.00401. The lowest BCUT2D eigenvalue weighted by molar-refractivity contribution is 0.0861. The van der Waals surface area contributed by atoms with E-state index in [1.807, 2.05) is 27.7 Å². The van der Waals surface area contributed by atoms with E-state index in [0.717, 1.165) is 12.1 Å². The standard InChI is InChI=1S/C11H20N2O2/c1-5-11(4)8(6-9(12)15-11)13-10(2,3)7-14/h6,14H,5,7,12H2,1-4H3. The van der Waals surface area contributed by atoms with Crippen LogP contribution in [-0.4, -0.2) is 28.6 Å². The number of rotatable bonds is 3. The highest BCUT2D eigenvalue weighted by Crippen LogP contribution is 2.28. The SMILES string of the molecule is CCC1(C)OC(N)=CC1=NC(C)(C)CO. The maximum absolute atomic E-state index is 9.16. The first-order valence-corrected chi connectivity index (χ1v) is 5.20. The van der Waals surface area contributed by atoms with Crippen molar-refractivity contribution in [3.63, 3.8) is 0 Å². The normalized spacial score (nSPS) is 29.1. The number of ether oxygens (including phenoxy) is 1. The van der Waals surface area contributed by atoms with E-state index in [1.54, 1.807) is 6.08 Å². The zero-order valence-corrected chi connectivity index (χ0v) is 9.87. The zero-order chi connectivity index (χ0) is 11.7. The molecule has 0 radical (unpaired) electrons. The fraction of sp³-hybridized carbons (Fsp3) is 0.727. The Kier molecular flexibility index (Phi) is 3.09. The van der Waals surface area contributed by atoms with Crippen LogP contribution in [0.15, 0.2) is 17.0 Å². The average molecular weight is 212 g/mol.